The van der Waals surface area contributed by atoms with Gasteiger partial charge in [-0.2, -0.15) is 0 Å². The largest absolute Gasteiger partial charge is 0.489 e. The highest BCUT2D eigenvalue weighted by Gasteiger charge is 2.14. The summed E-state index contributed by atoms with van der Waals surface area (Å²) in [6.07, 6.45) is 1.16. The van der Waals surface area contributed by atoms with Crippen molar-refractivity contribution in [2.24, 2.45) is 0 Å². The van der Waals surface area contributed by atoms with Crippen LogP contribution in [0.25, 0.3) is 0 Å². The molecule has 2 unspecified atom stereocenters. The lowest BCUT2D eigenvalue weighted by Crippen LogP contribution is -2.38. The molecule has 0 radical (unpaired) electrons. The Kier molecular flexibility index (Phi) is 5.64. The fourth-order valence-corrected chi connectivity index (χ4v) is 2.28. The topological polar surface area (TPSA) is 30.5 Å². The maximum Gasteiger partial charge on any atom is 0.127 e. The lowest BCUT2D eigenvalue weighted by Gasteiger charge is -2.23. The molecule has 3 heteroatoms. The van der Waals surface area contributed by atoms with E-state index in [9.17, 15) is 0 Å². The highest BCUT2D eigenvalue weighted by Crippen LogP contribution is 2.24. The van der Waals surface area contributed by atoms with E-state index in [1.807, 2.05) is 61.6 Å². The van der Waals surface area contributed by atoms with Crippen LogP contribution in [0.5, 0.6) is 17.2 Å². The number of nitrogens with one attached hydrogen (secondary N) is 1. The molecule has 1 N–H and O–H groups in total. The maximum absolute atomic E-state index is 5.95. The molecule has 112 valence electrons. The van der Waals surface area contributed by atoms with Gasteiger partial charge in [0.1, 0.15) is 23.4 Å². The lowest BCUT2D eigenvalue weighted by molar-refractivity contribution is 0.172. The molecule has 0 bridgehead atoms. The molecule has 0 heterocycles. The molecule has 21 heavy (non-hydrogen) atoms. The Labute approximate surface area is 126 Å². The summed E-state index contributed by atoms with van der Waals surface area (Å²) in [5.74, 6) is 2.50. The van der Waals surface area contributed by atoms with Crippen LogP contribution in [0.15, 0.2) is 54.6 Å². The Balaban J connectivity index is 1.96. The first-order chi connectivity index (χ1) is 10.2. The van der Waals surface area contributed by atoms with Crippen LogP contribution in [0, 0.1) is 0 Å². The molecule has 2 rings (SSSR count). The number of ether oxygens (including phenoxy) is 2. The Hall–Kier alpha value is -2.00. The van der Waals surface area contributed by atoms with Gasteiger partial charge >= 0.3 is 0 Å². The van der Waals surface area contributed by atoms with E-state index in [0.29, 0.717) is 6.04 Å². The highest BCUT2D eigenvalue weighted by atomic mass is 16.5. The third kappa shape index (κ3) is 4.50. The first kappa shape index (κ1) is 15.4. The fraction of sp³-hybridized carbons (Fsp3) is 0.333. The molecule has 0 aromatic heterocycles. The smallest absolute Gasteiger partial charge is 0.127 e. The Morgan fingerprint density at radius 3 is 2.05 bits per heavy atom. The minimum atomic E-state index is 0.126. The third-order valence-electron chi connectivity index (χ3n) is 3.50. The predicted octanol–water partition coefficient (Wildman–Crippen LogP) is 4.24. The van der Waals surface area contributed by atoms with Crippen molar-refractivity contribution in [3.63, 3.8) is 0 Å². The van der Waals surface area contributed by atoms with E-state index >= 15 is 0 Å². The molecule has 0 spiro atoms. The normalized spacial score (nSPS) is 13.5. The van der Waals surface area contributed by atoms with Crippen molar-refractivity contribution in [3.05, 3.63) is 54.6 Å². The first-order valence-corrected chi connectivity index (χ1v) is 7.39. The molecule has 0 aliphatic carbocycles. The maximum atomic E-state index is 5.95. The molecule has 0 saturated carbocycles. The summed E-state index contributed by atoms with van der Waals surface area (Å²) >= 11 is 0. The van der Waals surface area contributed by atoms with Gasteiger partial charge in [-0.1, -0.05) is 25.1 Å². The predicted molar refractivity (Wildman–Crippen MR) is 86.2 cm³/mol. The molecule has 2 atom stereocenters. The van der Waals surface area contributed by atoms with Gasteiger partial charge in [0.15, 0.2) is 0 Å². The summed E-state index contributed by atoms with van der Waals surface area (Å²) in [5, 5.41) is 3.27. The molecule has 0 aliphatic rings. The van der Waals surface area contributed by atoms with Gasteiger partial charge in [-0.05, 0) is 56.8 Å². The number of rotatable bonds is 7. The second-order valence-electron chi connectivity index (χ2n) is 5.01. The SMILES string of the molecule is CCC(NC)C(C)Oc1ccc(Oc2ccccc2)cc1. The molecule has 0 saturated heterocycles. The van der Waals surface area contributed by atoms with E-state index in [0.717, 1.165) is 23.7 Å². The number of hydrogen-bond donors (Lipinski definition) is 1. The van der Waals surface area contributed by atoms with Crippen molar-refractivity contribution in [2.45, 2.75) is 32.4 Å². The first-order valence-electron chi connectivity index (χ1n) is 7.39. The number of likely N-dealkylation sites (N-methyl/N-ethyl adjacent to an activating group) is 1. The average Bonchev–Trinajstić information content (AvgIpc) is 2.51. The summed E-state index contributed by atoms with van der Waals surface area (Å²) in [5.41, 5.74) is 0. The van der Waals surface area contributed by atoms with Gasteiger partial charge in [0.05, 0.1) is 0 Å². The monoisotopic (exact) mass is 285 g/mol. The number of benzene rings is 2. The summed E-state index contributed by atoms with van der Waals surface area (Å²) in [4.78, 5) is 0. The van der Waals surface area contributed by atoms with E-state index in [1.165, 1.54) is 0 Å². The van der Waals surface area contributed by atoms with Gasteiger partial charge in [0, 0.05) is 6.04 Å². The fourth-order valence-electron chi connectivity index (χ4n) is 2.28. The van der Waals surface area contributed by atoms with Crippen LogP contribution in [-0.2, 0) is 0 Å². The van der Waals surface area contributed by atoms with Crippen LogP contribution in [0.3, 0.4) is 0 Å². The van der Waals surface area contributed by atoms with Gasteiger partial charge in [-0.25, -0.2) is 0 Å². The van der Waals surface area contributed by atoms with Gasteiger partial charge < -0.3 is 14.8 Å². The second-order valence-corrected chi connectivity index (χ2v) is 5.01. The van der Waals surface area contributed by atoms with E-state index in [1.54, 1.807) is 0 Å². The van der Waals surface area contributed by atoms with Crippen molar-refractivity contribution >= 4 is 0 Å². The molecule has 0 amide bonds. The molecule has 2 aromatic rings. The van der Waals surface area contributed by atoms with Gasteiger partial charge in [0.25, 0.3) is 0 Å². The van der Waals surface area contributed by atoms with Crippen molar-refractivity contribution < 1.29 is 9.47 Å². The van der Waals surface area contributed by atoms with Crippen LogP contribution in [0.4, 0.5) is 0 Å². The van der Waals surface area contributed by atoms with Crippen LogP contribution >= 0.6 is 0 Å². The molecule has 2 aromatic carbocycles. The van der Waals surface area contributed by atoms with E-state index in [-0.39, 0.29) is 6.10 Å². The minimum Gasteiger partial charge on any atom is -0.489 e. The lowest BCUT2D eigenvalue weighted by atomic mass is 10.1. The van der Waals surface area contributed by atoms with Crippen molar-refractivity contribution in [1.29, 1.82) is 0 Å². The van der Waals surface area contributed by atoms with Crippen LogP contribution < -0.4 is 14.8 Å². The summed E-state index contributed by atoms with van der Waals surface area (Å²) < 4.78 is 11.7. The Bertz CT molecular complexity index is 521. The molecule has 3 nitrogen and oxygen atoms in total. The summed E-state index contributed by atoms with van der Waals surface area (Å²) in [6.45, 7) is 4.23. The van der Waals surface area contributed by atoms with Crippen LogP contribution in [-0.4, -0.2) is 19.2 Å². The number of hydrogen-bond acceptors (Lipinski definition) is 3. The van der Waals surface area contributed by atoms with Crippen molar-refractivity contribution in [2.75, 3.05) is 7.05 Å². The van der Waals surface area contributed by atoms with Crippen LogP contribution in [0.2, 0.25) is 0 Å². The zero-order valence-corrected chi connectivity index (χ0v) is 12.9. The zero-order valence-electron chi connectivity index (χ0n) is 12.9. The minimum absolute atomic E-state index is 0.126. The third-order valence-corrected chi connectivity index (χ3v) is 3.50. The van der Waals surface area contributed by atoms with E-state index < -0.39 is 0 Å². The average molecular weight is 285 g/mol. The quantitative estimate of drug-likeness (QED) is 0.825. The van der Waals surface area contributed by atoms with Crippen molar-refractivity contribution in [3.8, 4) is 17.2 Å². The summed E-state index contributed by atoms with van der Waals surface area (Å²) in [6, 6.07) is 17.8. The van der Waals surface area contributed by atoms with Gasteiger partial charge in [0.2, 0.25) is 0 Å². The van der Waals surface area contributed by atoms with Crippen molar-refractivity contribution in [1.82, 2.24) is 5.32 Å². The van der Waals surface area contributed by atoms with Gasteiger partial charge in [-0.3, -0.25) is 0 Å². The number of para-hydroxylation sites is 1. The Morgan fingerprint density at radius 2 is 1.48 bits per heavy atom. The van der Waals surface area contributed by atoms with Gasteiger partial charge in [-0.15, -0.1) is 0 Å². The molecular formula is C18H23NO2. The zero-order chi connectivity index (χ0) is 15.1. The van der Waals surface area contributed by atoms with E-state index in [4.69, 9.17) is 9.47 Å². The van der Waals surface area contributed by atoms with Crippen LogP contribution in [0.1, 0.15) is 20.3 Å². The molecular weight excluding hydrogens is 262 g/mol. The molecule has 0 aliphatic heterocycles. The van der Waals surface area contributed by atoms with E-state index in [2.05, 4.69) is 19.2 Å². The second kappa shape index (κ2) is 7.70. The Morgan fingerprint density at radius 1 is 0.905 bits per heavy atom. The highest BCUT2D eigenvalue weighted by molar-refractivity contribution is 5.35. The standard InChI is InChI=1S/C18H23NO2/c1-4-18(19-3)14(2)20-16-10-12-17(13-11-16)21-15-8-6-5-7-9-15/h5-14,18-19H,4H2,1-3H3. The molecule has 0 fully saturated rings. The summed E-state index contributed by atoms with van der Waals surface area (Å²) in [7, 11) is 1.96.